The molecule has 0 unspecified atom stereocenters. The maximum absolute atomic E-state index is 12.5. The topological polar surface area (TPSA) is 59.6 Å². The first-order valence-electron chi connectivity index (χ1n) is 7.13. The van der Waals surface area contributed by atoms with Crippen LogP contribution in [0, 0.1) is 0 Å². The summed E-state index contributed by atoms with van der Waals surface area (Å²) in [6.07, 6.45) is 1.87. The first-order chi connectivity index (χ1) is 12.4. The Labute approximate surface area is 150 Å². The highest BCUT2D eigenvalue weighted by Crippen LogP contribution is 2.31. The van der Waals surface area contributed by atoms with Crippen molar-refractivity contribution in [2.45, 2.75) is 18.1 Å². The van der Waals surface area contributed by atoms with E-state index in [2.05, 4.69) is 20.1 Å². The summed E-state index contributed by atoms with van der Waals surface area (Å²) in [7, 11) is 0. The minimum Gasteiger partial charge on any atom is -0.435 e. The van der Waals surface area contributed by atoms with Crippen LogP contribution in [0.5, 0.6) is 11.5 Å². The van der Waals surface area contributed by atoms with E-state index in [1.807, 2.05) is 12.3 Å². The summed E-state index contributed by atoms with van der Waals surface area (Å²) in [5, 5.41) is 4.86. The number of alkyl halides is 4. The van der Waals surface area contributed by atoms with Crippen molar-refractivity contribution < 1.29 is 31.8 Å². The summed E-state index contributed by atoms with van der Waals surface area (Å²) in [5.41, 5.74) is 0.355. The molecule has 10 heteroatoms. The molecular formula is C16H14F4N2O3S. The van der Waals surface area contributed by atoms with Crippen LogP contribution in [0.3, 0.4) is 0 Å². The Hall–Kier alpha value is -2.62. The number of hydrogen-bond acceptors (Lipinski definition) is 4. The van der Waals surface area contributed by atoms with Crippen LogP contribution >= 0.6 is 11.8 Å². The molecule has 0 saturated heterocycles. The van der Waals surface area contributed by atoms with Crippen LogP contribution in [-0.2, 0) is 0 Å². The van der Waals surface area contributed by atoms with Crippen molar-refractivity contribution in [2.75, 3.05) is 16.9 Å². The largest absolute Gasteiger partial charge is 0.435 e. The number of amides is 2. The van der Waals surface area contributed by atoms with Crippen LogP contribution in [-0.4, -0.2) is 25.5 Å². The van der Waals surface area contributed by atoms with E-state index in [1.54, 1.807) is 18.2 Å². The fraction of sp³-hybridized carbons (Fsp3) is 0.188. The van der Waals surface area contributed by atoms with E-state index in [1.165, 1.54) is 11.8 Å². The highest BCUT2D eigenvalue weighted by Gasteiger charge is 2.15. The van der Waals surface area contributed by atoms with E-state index in [9.17, 15) is 22.4 Å². The highest BCUT2D eigenvalue weighted by molar-refractivity contribution is 7.98. The van der Waals surface area contributed by atoms with E-state index in [4.69, 9.17) is 0 Å². The standard InChI is InChI=1S/C16H14F4N2O3S/c1-26-11-4-2-3-9(7-11)21-16(23)22-12-6-5-10(24-14(17)18)8-13(12)25-15(19)20/h2-8,14-15H,1H3,(H2,21,22,23). The average molecular weight is 390 g/mol. The Balaban J connectivity index is 2.14. The van der Waals surface area contributed by atoms with E-state index >= 15 is 0 Å². The number of urea groups is 1. The number of thioether (sulfide) groups is 1. The van der Waals surface area contributed by atoms with Crippen molar-refractivity contribution >= 4 is 29.2 Å². The predicted octanol–water partition coefficient (Wildman–Crippen LogP) is 5.26. The van der Waals surface area contributed by atoms with Gasteiger partial charge in [0.05, 0.1) is 5.69 Å². The van der Waals surface area contributed by atoms with E-state index in [0.29, 0.717) is 5.69 Å². The molecule has 5 nitrogen and oxygen atoms in total. The fourth-order valence-electron chi connectivity index (χ4n) is 1.96. The number of hydrogen-bond donors (Lipinski definition) is 2. The Morgan fingerprint density at radius 1 is 1.00 bits per heavy atom. The third-order valence-electron chi connectivity index (χ3n) is 2.97. The van der Waals surface area contributed by atoms with Gasteiger partial charge < -0.3 is 20.1 Å². The summed E-state index contributed by atoms with van der Waals surface area (Å²) in [4.78, 5) is 13.0. The molecule has 0 aliphatic carbocycles. The third kappa shape index (κ3) is 6.03. The predicted molar refractivity (Wildman–Crippen MR) is 90.6 cm³/mol. The minimum atomic E-state index is -3.21. The zero-order valence-corrected chi connectivity index (χ0v) is 14.2. The van der Waals surface area contributed by atoms with Crippen LogP contribution in [0.2, 0.25) is 0 Å². The number of halogens is 4. The molecule has 0 aliphatic rings. The summed E-state index contributed by atoms with van der Waals surface area (Å²) >= 11 is 1.48. The van der Waals surface area contributed by atoms with Crippen molar-refractivity contribution in [3.8, 4) is 11.5 Å². The van der Waals surface area contributed by atoms with Crippen molar-refractivity contribution in [1.29, 1.82) is 0 Å². The van der Waals surface area contributed by atoms with Gasteiger partial charge in [0.15, 0.2) is 5.75 Å². The summed E-state index contributed by atoms with van der Waals surface area (Å²) < 4.78 is 57.9. The number of anilines is 2. The van der Waals surface area contributed by atoms with Gasteiger partial charge in [0.2, 0.25) is 0 Å². The van der Waals surface area contributed by atoms with Gasteiger partial charge in [-0.1, -0.05) is 6.07 Å². The lowest BCUT2D eigenvalue weighted by atomic mass is 10.2. The molecule has 0 saturated carbocycles. The molecule has 0 bridgehead atoms. The molecule has 0 fully saturated rings. The van der Waals surface area contributed by atoms with Gasteiger partial charge in [0.1, 0.15) is 5.75 Å². The Morgan fingerprint density at radius 3 is 2.38 bits per heavy atom. The van der Waals surface area contributed by atoms with Crippen molar-refractivity contribution in [1.82, 2.24) is 0 Å². The van der Waals surface area contributed by atoms with Crippen LogP contribution < -0.4 is 20.1 Å². The van der Waals surface area contributed by atoms with Gasteiger partial charge in [-0.15, -0.1) is 11.8 Å². The van der Waals surface area contributed by atoms with E-state index in [0.717, 1.165) is 23.1 Å². The molecular weight excluding hydrogens is 376 g/mol. The van der Waals surface area contributed by atoms with Gasteiger partial charge in [-0.25, -0.2) is 4.79 Å². The van der Waals surface area contributed by atoms with Gasteiger partial charge in [0.25, 0.3) is 0 Å². The number of carbonyl (C=O) groups excluding carboxylic acids is 1. The lowest BCUT2D eigenvalue weighted by molar-refractivity contribution is -0.0539. The number of carbonyl (C=O) groups is 1. The second-order valence-electron chi connectivity index (χ2n) is 4.73. The monoisotopic (exact) mass is 390 g/mol. The fourth-order valence-corrected chi connectivity index (χ4v) is 2.42. The molecule has 0 radical (unpaired) electrons. The zero-order valence-electron chi connectivity index (χ0n) is 13.3. The summed E-state index contributed by atoms with van der Waals surface area (Å²) in [6.45, 7) is -6.33. The van der Waals surface area contributed by atoms with E-state index in [-0.39, 0.29) is 11.4 Å². The summed E-state index contributed by atoms with van der Waals surface area (Å²) in [6, 6.07) is 9.29. The quantitative estimate of drug-likeness (QED) is 0.500. The van der Waals surface area contributed by atoms with Crippen LogP contribution in [0.15, 0.2) is 47.4 Å². The van der Waals surface area contributed by atoms with Crippen molar-refractivity contribution in [3.05, 3.63) is 42.5 Å². The molecule has 0 aliphatic heterocycles. The zero-order chi connectivity index (χ0) is 19.1. The molecule has 26 heavy (non-hydrogen) atoms. The van der Waals surface area contributed by atoms with Gasteiger partial charge >= 0.3 is 19.3 Å². The second kappa shape index (κ2) is 9.18. The Kier molecular flexibility index (Phi) is 6.96. The maximum Gasteiger partial charge on any atom is 0.387 e. The highest BCUT2D eigenvalue weighted by atomic mass is 32.2. The Bertz CT molecular complexity index is 762. The van der Waals surface area contributed by atoms with Gasteiger partial charge in [-0.3, -0.25) is 0 Å². The number of nitrogens with one attached hydrogen (secondary N) is 2. The van der Waals surface area contributed by atoms with Gasteiger partial charge in [-0.2, -0.15) is 17.6 Å². The average Bonchev–Trinajstić information content (AvgIpc) is 2.56. The summed E-state index contributed by atoms with van der Waals surface area (Å²) in [5.74, 6) is -0.888. The number of benzene rings is 2. The Morgan fingerprint density at radius 2 is 1.73 bits per heavy atom. The molecule has 140 valence electrons. The SMILES string of the molecule is CSc1cccc(NC(=O)Nc2ccc(OC(F)F)cc2OC(F)F)c1. The lowest BCUT2D eigenvalue weighted by Gasteiger charge is -2.14. The maximum atomic E-state index is 12.5. The molecule has 0 aromatic heterocycles. The lowest BCUT2D eigenvalue weighted by Crippen LogP contribution is -2.20. The van der Waals surface area contributed by atoms with Gasteiger partial charge in [0, 0.05) is 16.6 Å². The molecule has 0 atom stereocenters. The normalized spacial score (nSPS) is 10.7. The first kappa shape index (κ1) is 19.7. The molecule has 0 spiro atoms. The smallest absolute Gasteiger partial charge is 0.387 e. The minimum absolute atomic E-state index is 0.134. The molecule has 2 aromatic rings. The number of rotatable bonds is 7. The van der Waals surface area contributed by atoms with Gasteiger partial charge in [-0.05, 0) is 36.6 Å². The molecule has 2 amide bonds. The molecule has 0 heterocycles. The van der Waals surface area contributed by atoms with Crippen molar-refractivity contribution in [3.63, 3.8) is 0 Å². The second-order valence-corrected chi connectivity index (χ2v) is 5.61. The molecule has 2 aromatic carbocycles. The third-order valence-corrected chi connectivity index (χ3v) is 3.70. The van der Waals surface area contributed by atoms with Crippen LogP contribution in [0.1, 0.15) is 0 Å². The number of ether oxygens (including phenoxy) is 2. The molecule has 2 rings (SSSR count). The van der Waals surface area contributed by atoms with Crippen LogP contribution in [0.25, 0.3) is 0 Å². The molecule has 2 N–H and O–H groups in total. The first-order valence-corrected chi connectivity index (χ1v) is 8.35. The van der Waals surface area contributed by atoms with E-state index < -0.39 is 25.0 Å². The van der Waals surface area contributed by atoms with Crippen LogP contribution in [0.4, 0.5) is 33.7 Å². The van der Waals surface area contributed by atoms with Crippen molar-refractivity contribution in [2.24, 2.45) is 0 Å².